The van der Waals surface area contributed by atoms with Gasteiger partial charge in [0, 0.05) is 23.3 Å². The summed E-state index contributed by atoms with van der Waals surface area (Å²) in [4.78, 5) is 0. The van der Waals surface area contributed by atoms with Crippen LogP contribution >= 0.6 is 0 Å². The van der Waals surface area contributed by atoms with Gasteiger partial charge in [-0.2, -0.15) is 5.10 Å². The molecule has 0 saturated carbocycles. The monoisotopic (exact) mass is 221 g/mol. The van der Waals surface area contributed by atoms with Crippen LogP contribution in [0.3, 0.4) is 0 Å². The first-order chi connectivity index (χ1) is 7.77. The van der Waals surface area contributed by atoms with Crippen LogP contribution in [0.4, 0.5) is 0 Å². The molecular weight excluding hydrogens is 198 g/mol. The molecule has 1 heterocycles. The number of hydrogen-bond donors (Lipinski definition) is 1. The summed E-state index contributed by atoms with van der Waals surface area (Å²) in [6.45, 7) is 7.69. The minimum Gasteiger partial charge on any atom is -0.310 e. The zero-order chi connectivity index (χ0) is 11.5. The van der Waals surface area contributed by atoms with Gasteiger partial charge in [-0.05, 0) is 39.2 Å². The summed E-state index contributed by atoms with van der Waals surface area (Å²) >= 11 is 0. The van der Waals surface area contributed by atoms with Crippen LogP contribution < -0.4 is 5.32 Å². The van der Waals surface area contributed by atoms with E-state index in [4.69, 9.17) is 0 Å². The molecule has 1 aliphatic carbocycles. The van der Waals surface area contributed by atoms with E-state index in [1.165, 1.54) is 30.5 Å². The second kappa shape index (κ2) is 5.00. The molecule has 0 amide bonds. The van der Waals surface area contributed by atoms with Gasteiger partial charge in [-0.25, -0.2) is 0 Å². The highest BCUT2D eigenvalue weighted by atomic mass is 15.3. The minimum absolute atomic E-state index is 0.532. The van der Waals surface area contributed by atoms with Crippen LogP contribution in [-0.2, 0) is 6.42 Å². The number of rotatable bonds is 4. The number of nitrogens with one attached hydrogen (secondary N) is 1. The molecule has 1 aliphatic rings. The number of nitrogens with zero attached hydrogens (tertiary/aromatic N) is 2. The molecule has 16 heavy (non-hydrogen) atoms. The van der Waals surface area contributed by atoms with Crippen molar-refractivity contribution >= 4 is 0 Å². The summed E-state index contributed by atoms with van der Waals surface area (Å²) in [6.07, 6.45) is 6.97. The van der Waals surface area contributed by atoms with Crippen molar-refractivity contribution < 1.29 is 0 Å². The Labute approximate surface area is 98.2 Å². The van der Waals surface area contributed by atoms with Crippen LogP contribution in [0.25, 0.3) is 0 Å². The Kier molecular flexibility index (Phi) is 3.64. The van der Waals surface area contributed by atoms with E-state index in [1.54, 1.807) is 0 Å². The molecule has 3 nitrogen and oxygen atoms in total. The van der Waals surface area contributed by atoms with Crippen LogP contribution in [0.1, 0.15) is 63.4 Å². The van der Waals surface area contributed by atoms with Gasteiger partial charge in [0.15, 0.2) is 0 Å². The van der Waals surface area contributed by atoms with Gasteiger partial charge in [0.1, 0.15) is 0 Å². The Morgan fingerprint density at radius 1 is 1.56 bits per heavy atom. The predicted molar refractivity (Wildman–Crippen MR) is 66.6 cm³/mol. The molecule has 2 rings (SSSR count). The van der Waals surface area contributed by atoms with E-state index in [0.717, 1.165) is 13.0 Å². The van der Waals surface area contributed by atoms with Crippen molar-refractivity contribution in [3.63, 3.8) is 0 Å². The van der Waals surface area contributed by atoms with Crippen LogP contribution in [0, 0.1) is 0 Å². The number of aromatic nitrogens is 2. The topological polar surface area (TPSA) is 29.9 Å². The first kappa shape index (κ1) is 11.6. The molecular formula is C13H23N3. The molecule has 1 N–H and O–H groups in total. The molecule has 0 radical (unpaired) electrons. The molecule has 2 unspecified atom stereocenters. The first-order valence-electron chi connectivity index (χ1n) is 6.57. The fraction of sp³-hybridized carbons (Fsp3) is 0.769. The molecule has 0 fully saturated rings. The zero-order valence-electron chi connectivity index (χ0n) is 10.7. The fourth-order valence-corrected chi connectivity index (χ4v) is 2.59. The highest BCUT2D eigenvalue weighted by Crippen LogP contribution is 2.31. The molecule has 90 valence electrons. The molecule has 0 spiro atoms. The largest absolute Gasteiger partial charge is 0.310 e. The summed E-state index contributed by atoms with van der Waals surface area (Å²) in [6, 6.07) is 1.07. The van der Waals surface area contributed by atoms with Crippen molar-refractivity contribution in [3.05, 3.63) is 17.5 Å². The summed E-state index contributed by atoms with van der Waals surface area (Å²) in [5.74, 6) is 0. The standard InChI is InChI=1S/C13H23N3/c1-4-10(3)16-13-8-6-7-12(14-5-2)11(13)9-15-16/h9-10,12,14H,4-8H2,1-3H3. The minimum atomic E-state index is 0.532. The van der Waals surface area contributed by atoms with Crippen LogP contribution in [0.2, 0.25) is 0 Å². The summed E-state index contributed by atoms with van der Waals surface area (Å²) in [5.41, 5.74) is 2.90. The van der Waals surface area contributed by atoms with Crippen LogP contribution in [0.15, 0.2) is 6.20 Å². The van der Waals surface area contributed by atoms with E-state index < -0.39 is 0 Å². The Balaban J connectivity index is 2.27. The lowest BCUT2D eigenvalue weighted by atomic mass is 9.93. The maximum absolute atomic E-state index is 4.58. The molecule has 0 saturated heterocycles. The number of hydrogen-bond acceptors (Lipinski definition) is 2. The first-order valence-corrected chi connectivity index (χ1v) is 6.57. The highest BCUT2D eigenvalue weighted by Gasteiger charge is 2.24. The highest BCUT2D eigenvalue weighted by molar-refractivity contribution is 5.25. The Bertz CT molecular complexity index is 343. The van der Waals surface area contributed by atoms with E-state index in [-0.39, 0.29) is 0 Å². The van der Waals surface area contributed by atoms with E-state index in [1.807, 2.05) is 0 Å². The van der Waals surface area contributed by atoms with Crippen LogP contribution in [-0.4, -0.2) is 16.3 Å². The van der Waals surface area contributed by atoms with Gasteiger partial charge in [-0.15, -0.1) is 0 Å². The van der Waals surface area contributed by atoms with Crippen molar-refractivity contribution in [1.82, 2.24) is 15.1 Å². The van der Waals surface area contributed by atoms with Crippen molar-refractivity contribution in [2.24, 2.45) is 0 Å². The Morgan fingerprint density at radius 2 is 2.38 bits per heavy atom. The molecule has 2 atom stereocenters. The van der Waals surface area contributed by atoms with Gasteiger partial charge in [-0.3, -0.25) is 4.68 Å². The zero-order valence-corrected chi connectivity index (χ0v) is 10.7. The Morgan fingerprint density at radius 3 is 3.06 bits per heavy atom. The summed E-state index contributed by atoms with van der Waals surface area (Å²) < 4.78 is 2.23. The Hall–Kier alpha value is -0.830. The third-order valence-corrected chi connectivity index (χ3v) is 3.67. The second-order valence-electron chi connectivity index (χ2n) is 4.75. The average molecular weight is 221 g/mol. The van der Waals surface area contributed by atoms with Crippen LogP contribution in [0.5, 0.6) is 0 Å². The quantitative estimate of drug-likeness (QED) is 0.847. The molecule has 1 aromatic rings. The van der Waals surface area contributed by atoms with Crippen molar-refractivity contribution in [2.75, 3.05) is 6.54 Å². The molecule has 0 aliphatic heterocycles. The number of fused-ring (bicyclic) bond motifs is 1. The summed E-state index contributed by atoms with van der Waals surface area (Å²) in [7, 11) is 0. The maximum atomic E-state index is 4.58. The maximum Gasteiger partial charge on any atom is 0.0540 e. The van der Waals surface area contributed by atoms with Gasteiger partial charge < -0.3 is 5.32 Å². The fourth-order valence-electron chi connectivity index (χ4n) is 2.59. The van der Waals surface area contributed by atoms with Gasteiger partial charge in [-0.1, -0.05) is 13.8 Å². The lowest BCUT2D eigenvalue weighted by molar-refractivity contribution is 0.425. The second-order valence-corrected chi connectivity index (χ2v) is 4.75. The van der Waals surface area contributed by atoms with E-state index >= 15 is 0 Å². The smallest absolute Gasteiger partial charge is 0.0540 e. The molecule has 1 aromatic heterocycles. The van der Waals surface area contributed by atoms with Gasteiger partial charge in [0.05, 0.1) is 6.20 Å². The molecule has 0 aromatic carbocycles. The normalized spacial score (nSPS) is 21.8. The summed E-state index contributed by atoms with van der Waals surface area (Å²) in [5, 5.41) is 8.14. The molecule has 0 bridgehead atoms. The van der Waals surface area contributed by atoms with Crippen molar-refractivity contribution in [3.8, 4) is 0 Å². The lowest BCUT2D eigenvalue weighted by Crippen LogP contribution is -2.25. The van der Waals surface area contributed by atoms with Crippen molar-refractivity contribution in [1.29, 1.82) is 0 Å². The van der Waals surface area contributed by atoms with E-state index in [0.29, 0.717) is 12.1 Å². The average Bonchev–Trinajstić information content (AvgIpc) is 2.73. The predicted octanol–water partition coefficient (Wildman–Crippen LogP) is 2.84. The van der Waals surface area contributed by atoms with Gasteiger partial charge in [0.25, 0.3) is 0 Å². The third-order valence-electron chi connectivity index (χ3n) is 3.67. The molecule has 3 heteroatoms. The third kappa shape index (κ3) is 2.01. The lowest BCUT2D eigenvalue weighted by Gasteiger charge is -2.25. The SMILES string of the molecule is CCNC1CCCc2c1cnn2C(C)CC. The van der Waals surface area contributed by atoms with Gasteiger partial charge >= 0.3 is 0 Å². The van der Waals surface area contributed by atoms with E-state index in [9.17, 15) is 0 Å². The van der Waals surface area contributed by atoms with E-state index in [2.05, 4.69) is 42.1 Å². The van der Waals surface area contributed by atoms with Crippen molar-refractivity contribution in [2.45, 2.75) is 58.5 Å². The van der Waals surface area contributed by atoms with Gasteiger partial charge in [0.2, 0.25) is 0 Å².